The van der Waals surface area contributed by atoms with Crippen molar-refractivity contribution in [2.75, 3.05) is 20.5 Å². The van der Waals surface area contributed by atoms with Crippen LogP contribution in [0.25, 0.3) is 0 Å². The quantitative estimate of drug-likeness (QED) is 0.824. The number of ether oxygens (including phenoxy) is 2. The number of hydrogen-bond donors (Lipinski definition) is 1. The Labute approximate surface area is 130 Å². The van der Waals surface area contributed by atoms with Gasteiger partial charge in [-0.2, -0.15) is 0 Å². The van der Waals surface area contributed by atoms with Crippen LogP contribution in [0.2, 0.25) is 0 Å². The van der Waals surface area contributed by atoms with E-state index >= 15 is 0 Å². The van der Waals surface area contributed by atoms with Crippen LogP contribution >= 0.6 is 0 Å². The summed E-state index contributed by atoms with van der Waals surface area (Å²) in [6.07, 6.45) is 2.75. The lowest BCUT2D eigenvalue weighted by molar-refractivity contribution is -0.137. The largest absolute Gasteiger partial charge is 0.496 e. The first-order valence-electron chi connectivity index (χ1n) is 6.96. The monoisotopic (exact) mass is 328 g/mol. The Balaban J connectivity index is 2.71. The minimum atomic E-state index is -3.59. The van der Waals surface area contributed by atoms with Crippen molar-refractivity contribution in [3.8, 4) is 11.5 Å². The van der Waals surface area contributed by atoms with E-state index in [0.717, 1.165) is 19.1 Å². The topological polar surface area (TPSA) is 89.9 Å². The zero-order chi connectivity index (χ0) is 16.5. The molecule has 1 aromatic rings. The van der Waals surface area contributed by atoms with Crippen molar-refractivity contribution in [3.63, 3.8) is 0 Å². The second-order valence-corrected chi connectivity index (χ2v) is 7.48. The summed E-state index contributed by atoms with van der Waals surface area (Å²) in [6, 6.07) is 3.16. The summed E-state index contributed by atoms with van der Waals surface area (Å²) >= 11 is 0. The lowest BCUT2D eigenvalue weighted by Gasteiger charge is -2.22. The molecule has 7 heteroatoms. The van der Waals surface area contributed by atoms with E-state index in [9.17, 15) is 18.3 Å². The first-order valence-corrected chi connectivity index (χ1v) is 8.85. The molecule has 0 bridgehead atoms. The molecule has 1 saturated carbocycles. The van der Waals surface area contributed by atoms with E-state index < -0.39 is 21.7 Å². The van der Waals surface area contributed by atoms with Gasteiger partial charge in [0.25, 0.3) is 0 Å². The summed E-state index contributed by atoms with van der Waals surface area (Å²) in [5.41, 5.74) is 0.425. The molecule has 0 amide bonds. The van der Waals surface area contributed by atoms with Crippen LogP contribution in [0.4, 0.5) is 0 Å². The molecule has 0 heterocycles. The summed E-state index contributed by atoms with van der Waals surface area (Å²) in [5, 5.41) is 9.18. The average Bonchev–Trinajstić information content (AvgIpc) is 3.26. The van der Waals surface area contributed by atoms with Gasteiger partial charge in [-0.1, -0.05) is 0 Å². The summed E-state index contributed by atoms with van der Waals surface area (Å²) in [7, 11) is -0.754. The van der Waals surface area contributed by atoms with E-state index in [4.69, 9.17) is 9.47 Å². The van der Waals surface area contributed by atoms with Gasteiger partial charge in [-0.3, -0.25) is 4.79 Å². The number of rotatable bonds is 7. The maximum absolute atomic E-state index is 12.3. The summed E-state index contributed by atoms with van der Waals surface area (Å²) in [4.78, 5) is 11.2. The fraction of sp³-hybridized carbons (Fsp3) is 0.533. The van der Waals surface area contributed by atoms with Crippen LogP contribution < -0.4 is 9.47 Å². The smallest absolute Gasteiger partial charge is 0.303 e. The Bertz CT molecular complexity index is 676. The molecule has 0 radical (unpaired) electrons. The number of carboxylic acid groups (broad SMARTS) is 1. The molecule has 1 N–H and O–H groups in total. The second kappa shape index (κ2) is 6.16. The standard InChI is InChI=1S/C15H20O6S/c1-20-11-6-7-12(21-2)15(22(3,18)19)14(11)10(8-13(16)17)9-4-5-9/h6-7,9-10H,4-5,8H2,1-3H3,(H,16,17). The van der Waals surface area contributed by atoms with Crippen molar-refractivity contribution in [2.24, 2.45) is 5.92 Å². The van der Waals surface area contributed by atoms with E-state index in [-0.39, 0.29) is 23.0 Å². The van der Waals surface area contributed by atoms with Crippen LogP contribution in [0, 0.1) is 5.92 Å². The zero-order valence-corrected chi connectivity index (χ0v) is 13.6. The molecule has 1 aliphatic carbocycles. The molecule has 1 aromatic carbocycles. The van der Waals surface area contributed by atoms with Crippen LogP contribution in [-0.4, -0.2) is 40.0 Å². The van der Waals surface area contributed by atoms with E-state index in [1.807, 2.05) is 0 Å². The number of carboxylic acids is 1. The summed E-state index contributed by atoms with van der Waals surface area (Å²) in [6.45, 7) is 0. The van der Waals surface area contributed by atoms with Gasteiger partial charge in [-0.15, -0.1) is 0 Å². The molecule has 1 atom stereocenters. The lowest BCUT2D eigenvalue weighted by atomic mass is 9.90. The van der Waals surface area contributed by atoms with Gasteiger partial charge in [0, 0.05) is 17.7 Å². The normalized spacial score (nSPS) is 16.1. The Morgan fingerprint density at radius 3 is 2.23 bits per heavy atom. The molecule has 0 spiro atoms. The van der Waals surface area contributed by atoms with Gasteiger partial charge in [-0.25, -0.2) is 8.42 Å². The predicted octanol–water partition coefficient (Wildman–Crippen LogP) is 2.08. The SMILES string of the molecule is COc1ccc(OC)c(S(C)(=O)=O)c1C(CC(=O)O)C1CC1. The lowest BCUT2D eigenvalue weighted by Crippen LogP contribution is -2.15. The van der Waals surface area contributed by atoms with Crippen LogP contribution in [-0.2, 0) is 14.6 Å². The first-order chi connectivity index (χ1) is 10.3. The van der Waals surface area contributed by atoms with Crippen molar-refractivity contribution >= 4 is 15.8 Å². The summed E-state index contributed by atoms with van der Waals surface area (Å²) < 4.78 is 35.0. The van der Waals surface area contributed by atoms with Gasteiger partial charge in [0.2, 0.25) is 0 Å². The number of aliphatic carboxylic acids is 1. The molecule has 2 rings (SSSR count). The van der Waals surface area contributed by atoms with Gasteiger partial charge in [0.15, 0.2) is 9.84 Å². The van der Waals surface area contributed by atoms with Crippen molar-refractivity contribution in [2.45, 2.75) is 30.1 Å². The van der Waals surface area contributed by atoms with Crippen LogP contribution in [0.15, 0.2) is 17.0 Å². The number of carbonyl (C=O) groups is 1. The third-order valence-electron chi connectivity index (χ3n) is 3.89. The number of hydrogen-bond acceptors (Lipinski definition) is 5. The van der Waals surface area contributed by atoms with E-state index in [1.54, 1.807) is 6.07 Å². The number of sulfone groups is 1. The minimum Gasteiger partial charge on any atom is -0.496 e. The van der Waals surface area contributed by atoms with E-state index in [1.165, 1.54) is 20.3 Å². The second-order valence-electron chi connectivity index (χ2n) is 5.53. The molecule has 0 aromatic heterocycles. The molecule has 6 nitrogen and oxygen atoms in total. The molecule has 1 fully saturated rings. The highest BCUT2D eigenvalue weighted by atomic mass is 32.2. The fourth-order valence-corrected chi connectivity index (χ4v) is 3.99. The number of benzene rings is 1. The molecule has 22 heavy (non-hydrogen) atoms. The van der Waals surface area contributed by atoms with Crippen LogP contribution in [0.1, 0.15) is 30.7 Å². The van der Waals surface area contributed by atoms with Crippen molar-refractivity contribution in [3.05, 3.63) is 17.7 Å². The van der Waals surface area contributed by atoms with Crippen molar-refractivity contribution in [1.82, 2.24) is 0 Å². The molecule has 0 saturated heterocycles. The first kappa shape index (κ1) is 16.6. The highest BCUT2D eigenvalue weighted by Crippen LogP contribution is 2.50. The summed E-state index contributed by atoms with van der Waals surface area (Å²) in [5.74, 6) is -0.584. The number of methoxy groups -OCH3 is 2. The van der Waals surface area contributed by atoms with Gasteiger partial charge >= 0.3 is 5.97 Å². The van der Waals surface area contributed by atoms with Crippen molar-refractivity contribution in [1.29, 1.82) is 0 Å². The molecule has 1 unspecified atom stereocenters. The zero-order valence-electron chi connectivity index (χ0n) is 12.8. The molecular weight excluding hydrogens is 308 g/mol. The van der Waals surface area contributed by atoms with Gasteiger partial charge in [0.1, 0.15) is 16.4 Å². The maximum atomic E-state index is 12.3. The van der Waals surface area contributed by atoms with Gasteiger partial charge in [0.05, 0.1) is 20.6 Å². The van der Waals surface area contributed by atoms with Crippen LogP contribution in [0.5, 0.6) is 11.5 Å². The highest BCUT2D eigenvalue weighted by molar-refractivity contribution is 7.90. The molecule has 0 aliphatic heterocycles. The maximum Gasteiger partial charge on any atom is 0.303 e. The van der Waals surface area contributed by atoms with Gasteiger partial charge < -0.3 is 14.6 Å². The van der Waals surface area contributed by atoms with E-state index in [2.05, 4.69) is 0 Å². The Hall–Kier alpha value is -1.76. The minimum absolute atomic E-state index is 0.0347. The predicted molar refractivity (Wildman–Crippen MR) is 80.4 cm³/mol. The Morgan fingerprint density at radius 2 is 1.82 bits per heavy atom. The fourth-order valence-electron chi connectivity index (χ4n) is 2.82. The molecular formula is C15H20O6S. The highest BCUT2D eigenvalue weighted by Gasteiger charge is 2.39. The van der Waals surface area contributed by atoms with Gasteiger partial charge in [-0.05, 0) is 30.9 Å². The average molecular weight is 328 g/mol. The van der Waals surface area contributed by atoms with Crippen molar-refractivity contribution < 1.29 is 27.8 Å². The third kappa shape index (κ3) is 3.35. The van der Waals surface area contributed by atoms with E-state index in [0.29, 0.717) is 11.3 Å². The third-order valence-corrected chi connectivity index (χ3v) is 5.05. The molecule has 1 aliphatic rings. The molecule has 122 valence electrons. The Morgan fingerprint density at radius 1 is 1.27 bits per heavy atom. The Kier molecular flexibility index (Phi) is 4.65. The van der Waals surface area contributed by atoms with Crippen LogP contribution in [0.3, 0.4) is 0 Å².